The Hall–Kier alpha value is -1.55. The van der Waals surface area contributed by atoms with Crippen LogP contribution in [0.5, 0.6) is 0 Å². The van der Waals surface area contributed by atoms with E-state index >= 15 is 0 Å². The van der Waals surface area contributed by atoms with Crippen LogP contribution in [0.1, 0.15) is 29.8 Å². The van der Waals surface area contributed by atoms with Gasteiger partial charge in [0.15, 0.2) is 0 Å². The Bertz CT molecular complexity index is 448. The third kappa shape index (κ3) is 2.64. The van der Waals surface area contributed by atoms with Crippen LogP contribution in [0.25, 0.3) is 0 Å². The molecule has 0 amide bonds. The van der Waals surface area contributed by atoms with Crippen LogP contribution in [0, 0.1) is 6.92 Å². The van der Waals surface area contributed by atoms with E-state index in [0.29, 0.717) is 5.56 Å². The van der Waals surface area contributed by atoms with E-state index < -0.39 is 5.97 Å². The topological polar surface area (TPSA) is 49.8 Å². The first-order valence-electron chi connectivity index (χ1n) is 6.21. The average molecular weight is 249 g/mol. The number of morpholine rings is 1. The second-order valence-corrected chi connectivity index (χ2v) is 4.97. The lowest BCUT2D eigenvalue weighted by Gasteiger charge is -2.37. The van der Waals surface area contributed by atoms with Gasteiger partial charge in [0.25, 0.3) is 0 Å². The fraction of sp³-hybridized carbons (Fsp3) is 0.500. The zero-order valence-corrected chi connectivity index (χ0v) is 11.0. The maximum Gasteiger partial charge on any atom is 0.335 e. The van der Waals surface area contributed by atoms with Crippen molar-refractivity contribution in [2.75, 3.05) is 18.0 Å². The number of hydrogen-bond donors (Lipinski definition) is 1. The Labute approximate surface area is 107 Å². The van der Waals surface area contributed by atoms with Gasteiger partial charge >= 0.3 is 5.97 Å². The van der Waals surface area contributed by atoms with Gasteiger partial charge in [0, 0.05) is 18.8 Å². The van der Waals surface area contributed by atoms with Crippen LogP contribution in [0.3, 0.4) is 0 Å². The van der Waals surface area contributed by atoms with Crippen molar-refractivity contribution in [2.24, 2.45) is 0 Å². The summed E-state index contributed by atoms with van der Waals surface area (Å²) in [5.74, 6) is -0.881. The third-order valence-corrected chi connectivity index (χ3v) is 3.20. The van der Waals surface area contributed by atoms with Gasteiger partial charge in [-0.2, -0.15) is 0 Å². The van der Waals surface area contributed by atoms with Crippen molar-refractivity contribution in [1.82, 2.24) is 0 Å². The molecule has 1 saturated heterocycles. The first kappa shape index (κ1) is 12.9. The number of benzene rings is 1. The standard InChI is InChI=1S/C14H19NO3/c1-9-6-12(14(16)17)4-5-13(9)15-7-10(2)18-11(3)8-15/h4-6,10-11H,7-8H2,1-3H3,(H,16,17)/t10-,11+. The first-order chi connectivity index (χ1) is 8.47. The lowest BCUT2D eigenvalue weighted by Crippen LogP contribution is -2.45. The fourth-order valence-corrected chi connectivity index (χ4v) is 2.52. The predicted molar refractivity (Wildman–Crippen MR) is 70.4 cm³/mol. The highest BCUT2D eigenvalue weighted by molar-refractivity contribution is 5.88. The monoisotopic (exact) mass is 249 g/mol. The van der Waals surface area contributed by atoms with E-state index in [1.807, 2.05) is 13.0 Å². The molecule has 1 fully saturated rings. The molecule has 1 N–H and O–H groups in total. The molecule has 0 spiro atoms. The van der Waals surface area contributed by atoms with Gasteiger partial charge in [-0.15, -0.1) is 0 Å². The minimum atomic E-state index is -0.881. The van der Waals surface area contributed by atoms with Crippen LogP contribution in [0.15, 0.2) is 18.2 Å². The molecule has 1 aliphatic rings. The number of rotatable bonds is 2. The van der Waals surface area contributed by atoms with E-state index in [-0.39, 0.29) is 12.2 Å². The van der Waals surface area contributed by atoms with Crippen molar-refractivity contribution in [2.45, 2.75) is 33.0 Å². The SMILES string of the molecule is Cc1cc(C(=O)O)ccc1N1C[C@@H](C)O[C@@H](C)C1. The largest absolute Gasteiger partial charge is 0.478 e. The lowest BCUT2D eigenvalue weighted by atomic mass is 10.1. The highest BCUT2D eigenvalue weighted by Gasteiger charge is 2.23. The molecule has 1 aliphatic heterocycles. The van der Waals surface area contributed by atoms with E-state index in [2.05, 4.69) is 18.7 Å². The van der Waals surface area contributed by atoms with E-state index in [1.165, 1.54) is 0 Å². The smallest absolute Gasteiger partial charge is 0.335 e. The molecule has 0 saturated carbocycles. The summed E-state index contributed by atoms with van der Waals surface area (Å²) >= 11 is 0. The Morgan fingerprint density at radius 1 is 1.33 bits per heavy atom. The molecule has 2 atom stereocenters. The van der Waals surface area contributed by atoms with Crippen LogP contribution in [-0.4, -0.2) is 36.4 Å². The van der Waals surface area contributed by atoms with Crippen LogP contribution >= 0.6 is 0 Å². The molecule has 0 unspecified atom stereocenters. The first-order valence-corrected chi connectivity index (χ1v) is 6.21. The van der Waals surface area contributed by atoms with Crippen LogP contribution in [0.2, 0.25) is 0 Å². The minimum Gasteiger partial charge on any atom is -0.478 e. The summed E-state index contributed by atoms with van der Waals surface area (Å²) in [4.78, 5) is 13.2. The molecule has 4 nitrogen and oxygen atoms in total. The van der Waals surface area contributed by atoms with Crippen LogP contribution < -0.4 is 4.90 Å². The lowest BCUT2D eigenvalue weighted by molar-refractivity contribution is -0.00525. The number of hydrogen-bond acceptors (Lipinski definition) is 3. The quantitative estimate of drug-likeness (QED) is 0.873. The molecule has 2 rings (SSSR count). The molecule has 0 bridgehead atoms. The molecule has 0 aliphatic carbocycles. The van der Waals surface area contributed by atoms with Gasteiger partial charge in [0.2, 0.25) is 0 Å². The van der Waals surface area contributed by atoms with Gasteiger partial charge in [-0.3, -0.25) is 0 Å². The van der Waals surface area contributed by atoms with E-state index in [4.69, 9.17) is 9.84 Å². The van der Waals surface area contributed by atoms with Crippen LogP contribution in [0.4, 0.5) is 5.69 Å². The number of anilines is 1. The highest BCUT2D eigenvalue weighted by atomic mass is 16.5. The molecule has 0 radical (unpaired) electrons. The van der Waals surface area contributed by atoms with Crippen molar-refractivity contribution in [1.29, 1.82) is 0 Å². The molecule has 1 aromatic rings. The zero-order chi connectivity index (χ0) is 13.3. The van der Waals surface area contributed by atoms with E-state index in [9.17, 15) is 4.79 Å². The molecule has 4 heteroatoms. The Morgan fingerprint density at radius 3 is 2.44 bits per heavy atom. The van der Waals surface area contributed by atoms with Crippen molar-refractivity contribution in [3.05, 3.63) is 29.3 Å². The predicted octanol–water partition coefficient (Wildman–Crippen LogP) is 2.31. The van der Waals surface area contributed by atoms with Crippen molar-refractivity contribution >= 4 is 11.7 Å². The summed E-state index contributed by atoms with van der Waals surface area (Å²) in [6.07, 6.45) is 0.402. The summed E-state index contributed by atoms with van der Waals surface area (Å²) in [7, 11) is 0. The number of carboxylic acid groups (broad SMARTS) is 1. The summed E-state index contributed by atoms with van der Waals surface area (Å²) in [5.41, 5.74) is 2.43. The van der Waals surface area contributed by atoms with Gasteiger partial charge < -0.3 is 14.7 Å². The van der Waals surface area contributed by atoms with E-state index in [1.54, 1.807) is 12.1 Å². The molecular formula is C14H19NO3. The van der Waals surface area contributed by atoms with Gasteiger partial charge in [0.05, 0.1) is 17.8 Å². The van der Waals surface area contributed by atoms with Gasteiger partial charge in [0.1, 0.15) is 0 Å². The average Bonchev–Trinajstić information content (AvgIpc) is 2.27. The number of nitrogens with zero attached hydrogens (tertiary/aromatic N) is 1. The van der Waals surface area contributed by atoms with Crippen molar-refractivity contribution in [3.63, 3.8) is 0 Å². The number of carboxylic acids is 1. The number of aryl methyl sites for hydroxylation is 1. The van der Waals surface area contributed by atoms with Crippen molar-refractivity contribution in [3.8, 4) is 0 Å². The maximum atomic E-state index is 10.9. The second-order valence-electron chi connectivity index (χ2n) is 4.97. The van der Waals surface area contributed by atoms with E-state index in [0.717, 1.165) is 24.3 Å². The Balaban J connectivity index is 2.25. The molecule has 18 heavy (non-hydrogen) atoms. The maximum absolute atomic E-state index is 10.9. The normalized spacial score (nSPS) is 24.1. The molecule has 1 aromatic carbocycles. The number of aromatic carboxylic acids is 1. The van der Waals surface area contributed by atoms with Gasteiger partial charge in [-0.25, -0.2) is 4.79 Å². The summed E-state index contributed by atoms with van der Waals surface area (Å²) in [5, 5.41) is 8.96. The minimum absolute atomic E-state index is 0.201. The summed E-state index contributed by atoms with van der Waals surface area (Å²) < 4.78 is 5.70. The third-order valence-electron chi connectivity index (χ3n) is 3.20. The number of carbonyl (C=O) groups is 1. The zero-order valence-electron chi connectivity index (χ0n) is 11.0. The van der Waals surface area contributed by atoms with Crippen LogP contribution in [-0.2, 0) is 4.74 Å². The van der Waals surface area contributed by atoms with Crippen molar-refractivity contribution < 1.29 is 14.6 Å². The highest BCUT2D eigenvalue weighted by Crippen LogP contribution is 2.25. The summed E-state index contributed by atoms with van der Waals surface area (Å²) in [6.45, 7) is 7.76. The Kier molecular flexibility index (Phi) is 3.57. The molecule has 98 valence electrons. The summed E-state index contributed by atoms with van der Waals surface area (Å²) in [6, 6.07) is 5.28. The van der Waals surface area contributed by atoms with Gasteiger partial charge in [-0.05, 0) is 44.5 Å². The molecule has 0 aromatic heterocycles. The number of ether oxygens (including phenoxy) is 1. The van der Waals surface area contributed by atoms with Gasteiger partial charge in [-0.1, -0.05) is 0 Å². The molecular weight excluding hydrogens is 230 g/mol. The fourth-order valence-electron chi connectivity index (χ4n) is 2.52. The Morgan fingerprint density at radius 2 is 1.94 bits per heavy atom. The molecule has 1 heterocycles. The second kappa shape index (κ2) is 4.98.